The predicted octanol–water partition coefficient (Wildman–Crippen LogP) is 2.65. The average Bonchev–Trinajstić information content (AvgIpc) is 2.83. The van der Waals surface area contributed by atoms with Crippen molar-refractivity contribution in [3.8, 4) is 0 Å². The van der Waals surface area contributed by atoms with Crippen LogP contribution in [0, 0.1) is 5.92 Å². The quantitative estimate of drug-likeness (QED) is 0.670. The maximum Gasteiger partial charge on any atom is 0.240 e. The summed E-state index contributed by atoms with van der Waals surface area (Å²) in [5, 5.41) is 4.13. The Labute approximate surface area is 144 Å². The third-order valence-electron chi connectivity index (χ3n) is 4.32. The van der Waals surface area contributed by atoms with Crippen molar-refractivity contribution in [3.63, 3.8) is 0 Å². The molecule has 1 N–H and O–H groups in total. The first kappa shape index (κ1) is 18.6. The van der Waals surface area contributed by atoms with Gasteiger partial charge in [-0.25, -0.2) is 13.8 Å². The number of sulfone groups is 1. The first-order chi connectivity index (χ1) is 11.1. The summed E-state index contributed by atoms with van der Waals surface area (Å²) < 4.78 is 22.8. The van der Waals surface area contributed by atoms with Gasteiger partial charge in [-0.15, -0.1) is 0 Å². The predicted molar refractivity (Wildman–Crippen MR) is 96.9 cm³/mol. The number of nitrogens with zero attached hydrogens (tertiary/aromatic N) is 1. The van der Waals surface area contributed by atoms with Crippen molar-refractivity contribution in [1.82, 2.24) is 5.43 Å². The number of amides is 1. The maximum absolute atomic E-state index is 11.9. The topological polar surface area (TPSA) is 75.6 Å². The van der Waals surface area contributed by atoms with Crippen molar-refractivity contribution >= 4 is 21.5 Å². The monoisotopic (exact) mass is 350 g/mol. The van der Waals surface area contributed by atoms with E-state index >= 15 is 0 Å². The first-order valence-electron chi connectivity index (χ1n) is 8.21. The summed E-state index contributed by atoms with van der Waals surface area (Å²) in [4.78, 5) is 11.9. The van der Waals surface area contributed by atoms with Gasteiger partial charge in [-0.05, 0) is 35.8 Å². The van der Waals surface area contributed by atoms with E-state index in [1.807, 2.05) is 19.1 Å². The van der Waals surface area contributed by atoms with E-state index in [9.17, 15) is 13.2 Å². The number of benzene rings is 1. The van der Waals surface area contributed by atoms with Gasteiger partial charge in [0, 0.05) is 6.42 Å². The Morgan fingerprint density at radius 2 is 1.88 bits per heavy atom. The number of carbonyl (C=O) groups is 1. The second kappa shape index (κ2) is 7.05. The van der Waals surface area contributed by atoms with Crippen LogP contribution in [0.1, 0.15) is 51.7 Å². The van der Waals surface area contributed by atoms with Crippen LogP contribution in [0.15, 0.2) is 29.4 Å². The molecule has 132 valence electrons. The number of hydrazone groups is 1. The summed E-state index contributed by atoms with van der Waals surface area (Å²) in [5.74, 6) is -0.0237. The van der Waals surface area contributed by atoms with Crippen LogP contribution >= 0.6 is 0 Å². The maximum atomic E-state index is 11.9. The number of rotatable bonds is 4. The third-order valence-corrected chi connectivity index (χ3v) is 6.15. The van der Waals surface area contributed by atoms with Gasteiger partial charge in [-0.3, -0.25) is 4.79 Å². The van der Waals surface area contributed by atoms with Gasteiger partial charge in [0.05, 0.1) is 17.2 Å². The van der Waals surface area contributed by atoms with Crippen LogP contribution in [0.3, 0.4) is 0 Å². The molecule has 0 aliphatic carbocycles. The minimum Gasteiger partial charge on any atom is -0.273 e. The number of carbonyl (C=O) groups excluding carboxylic acids is 1. The lowest BCUT2D eigenvalue weighted by molar-refractivity contribution is -0.121. The van der Waals surface area contributed by atoms with Crippen LogP contribution < -0.4 is 5.43 Å². The summed E-state index contributed by atoms with van der Waals surface area (Å²) in [6, 6.07) is 8.13. The van der Waals surface area contributed by atoms with Crippen LogP contribution in [0.2, 0.25) is 0 Å². The Balaban J connectivity index is 1.92. The van der Waals surface area contributed by atoms with Crippen LogP contribution in [0.25, 0.3) is 0 Å². The summed E-state index contributed by atoms with van der Waals surface area (Å²) in [5.41, 5.74) is 5.55. The van der Waals surface area contributed by atoms with E-state index in [1.165, 1.54) is 5.56 Å². The number of nitrogens with one attached hydrogen (secondary N) is 1. The molecule has 2 rings (SSSR count). The van der Waals surface area contributed by atoms with Gasteiger partial charge in [0.25, 0.3) is 0 Å². The summed E-state index contributed by atoms with van der Waals surface area (Å²) in [6.07, 6.45) is 0.770. The Bertz CT molecular complexity index is 729. The molecule has 0 unspecified atom stereocenters. The molecule has 5 nitrogen and oxygen atoms in total. The summed E-state index contributed by atoms with van der Waals surface area (Å²) in [7, 11) is -2.95. The van der Waals surface area contributed by atoms with Gasteiger partial charge in [-0.2, -0.15) is 5.10 Å². The zero-order chi connectivity index (χ0) is 18.0. The lowest BCUT2D eigenvalue weighted by atomic mass is 9.86. The van der Waals surface area contributed by atoms with E-state index in [1.54, 1.807) is 0 Å². The van der Waals surface area contributed by atoms with E-state index in [2.05, 4.69) is 43.4 Å². The molecule has 1 atom stereocenters. The number of hydrogen-bond donors (Lipinski definition) is 1. The molecular formula is C18H26N2O3S. The van der Waals surface area contributed by atoms with Gasteiger partial charge in [0.1, 0.15) is 0 Å². The molecule has 1 fully saturated rings. The second-order valence-electron chi connectivity index (χ2n) is 7.53. The van der Waals surface area contributed by atoms with Gasteiger partial charge >= 0.3 is 0 Å². The van der Waals surface area contributed by atoms with Crippen molar-refractivity contribution in [1.29, 1.82) is 0 Å². The molecule has 6 heteroatoms. The second-order valence-corrected chi connectivity index (χ2v) is 9.76. The van der Waals surface area contributed by atoms with Gasteiger partial charge in [-0.1, -0.05) is 45.0 Å². The normalized spacial score (nSPS) is 20.8. The third kappa shape index (κ3) is 5.16. The summed E-state index contributed by atoms with van der Waals surface area (Å²) >= 11 is 0. The molecule has 1 aromatic carbocycles. The fraction of sp³-hybridized carbons (Fsp3) is 0.556. The van der Waals surface area contributed by atoms with E-state index in [0.29, 0.717) is 6.42 Å². The largest absolute Gasteiger partial charge is 0.273 e. The van der Waals surface area contributed by atoms with E-state index in [0.717, 1.165) is 11.3 Å². The van der Waals surface area contributed by atoms with E-state index in [-0.39, 0.29) is 35.2 Å². The Kier molecular flexibility index (Phi) is 5.48. The molecule has 1 aliphatic rings. The van der Waals surface area contributed by atoms with Crippen LogP contribution in [-0.4, -0.2) is 31.5 Å². The van der Waals surface area contributed by atoms with Crippen molar-refractivity contribution in [2.45, 2.75) is 46.0 Å². The molecule has 0 aromatic heterocycles. The van der Waals surface area contributed by atoms with Crippen molar-refractivity contribution in [2.75, 3.05) is 11.5 Å². The fourth-order valence-corrected chi connectivity index (χ4v) is 4.62. The fourth-order valence-electron chi connectivity index (χ4n) is 2.76. The highest BCUT2D eigenvalue weighted by Crippen LogP contribution is 2.23. The molecule has 0 spiro atoms. The first-order valence-corrected chi connectivity index (χ1v) is 10.0. The molecule has 1 saturated heterocycles. The molecular weight excluding hydrogens is 324 g/mol. The van der Waals surface area contributed by atoms with Gasteiger partial charge < -0.3 is 0 Å². The van der Waals surface area contributed by atoms with E-state index in [4.69, 9.17) is 0 Å². The van der Waals surface area contributed by atoms with E-state index < -0.39 is 9.84 Å². The lowest BCUT2D eigenvalue weighted by Gasteiger charge is -2.19. The SMILES string of the molecule is C/C(=N/NC(=O)C[C@H]1CCS(=O)(=O)C1)c1ccc(C(C)(C)C)cc1. The summed E-state index contributed by atoms with van der Waals surface area (Å²) in [6.45, 7) is 8.32. The van der Waals surface area contributed by atoms with Gasteiger partial charge in [0.2, 0.25) is 5.91 Å². The minimum atomic E-state index is -2.95. The molecule has 1 heterocycles. The zero-order valence-corrected chi connectivity index (χ0v) is 15.6. The van der Waals surface area contributed by atoms with Crippen LogP contribution in [-0.2, 0) is 20.0 Å². The molecule has 1 aromatic rings. The minimum absolute atomic E-state index is 0.0865. The molecule has 0 saturated carbocycles. The Hall–Kier alpha value is -1.69. The highest BCUT2D eigenvalue weighted by atomic mass is 32.2. The smallest absolute Gasteiger partial charge is 0.240 e. The van der Waals surface area contributed by atoms with Crippen molar-refractivity contribution in [2.24, 2.45) is 11.0 Å². The van der Waals surface area contributed by atoms with Gasteiger partial charge in [0.15, 0.2) is 9.84 Å². The molecule has 24 heavy (non-hydrogen) atoms. The highest BCUT2D eigenvalue weighted by molar-refractivity contribution is 7.91. The molecule has 1 amide bonds. The molecule has 0 bridgehead atoms. The lowest BCUT2D eigenvalue weighted by Crippen LogP contribution is -2.22. The highest BCUT2D eigenvalue weighted by Gasteiger charge is 2.29. The standard InChI is InChI=1S/C18H26N2O3S/c1-13(15-5-7-16(8-6-15)18(2,3)4)19-20-17(21)11-14-9-10-24(22,23)12-14/h5-8,14H,9-12H2,1-4H3,(H,20,21)/b19-13-/t14-/m1/s1. The Morgan fingerprint density at radius 1 is 1.25 bits per heavy atom. The average molecular weight is 350 g/mol. The number of hydrogen-bond acceptors (Lipinski definition) is 4. The van der Waals surface area contributed by atoms with Crippen LogP contribution in [0.4, 0.5) is 0 Å². The zero-order valence-electron chi connectivity index (χ0n) is 14.8. The van der Waals surface area contributed by atoms with Crippen molar-refractivity contribution < 1.29 is 13.2 Å². The molecule has 1 aliphatic heterocycles. The molecule has 0 radical (unpaired) electrons. The van der Waals surface area contributed by atoms with Crippen LogP contribution in [0.5, 0.6) is 0 Å². The van der Waals surface area contributed by atoms with Crippen molar-refractivity contribution in [3.05, 3.63) is 35.4 Å². The Morgan fingerprint density at radius 3 is 2.38 bits per heavy atom.